The molecule has 1 fully saturated rings. The summed E-state index contributed by atoms with van der Waals surface area (Å²) in [6.07, 6.45) is 0. The van der Waals surface area contributed by atoms with E-state index in [4.69, 9.17) is 0 Å². The highest BCUT2D eigenvalue weighted by molar-refractivity contribution is 8.01. The second kappa shape index (κ2) is 8.18. The van der Waals surface area contributed by atoms with E-state index < -0.39 is 0 Å². The Balaban J connectivity index is 1.13. The molecule has 2 aromatic carbocycles. The number of anilines is 1. The summed E-state index contributed by atoms with van der Waals surface area (Å²) in [5.41, 5.74) is 6.15. The number of piperazine rings is 1. The van der Waals surface area contributed by atoms with Crippen LogP contribution in [0.3, 0.4) is 0 Å². The van der Waals surface area contributed by atoms with Crippen LogP contribution in [0.4, 0.5) is 5.69 Å². The number of nitrogens with one attached hydrogen (secondary N) is 1. The van der Waals surface area contributed by atoms with Crippen LogP contribution in [0.5, 0.6) is 0 Å². The molecule has 0 spiro atoms. The predicted molar refractivity (Wildman–Crippen MR) is 135 cm³/mol. The van der Waals surface area contributed by atoms with Crippen LogP contribution in [0.25, 0.3) is 10.8 Å². The topological polar surface area (TPSA) is 65.0 Å². The quantitative estimate of drug-likeness (QED) is 0.575. The van der Waals surface area contributed by atoms with Gasteiger partial charge in [-0.2, -0.15) is 5.10 Å². The van der Waals surface area contributed by atoms with Crippen LogP contribution in [-0.2, 0) is 4.79 Å². The molecule has 0 saturated carbocycles. The summed E-state index contributed by atoms with van der Waals surface area (Å²) in [5.74, 6) is 0.984. The summed E-state index contributed by atoms with van der Waals surface area (Å²) in [6.45, 7) is 4.60. The number of amides is 1. The molecule has 1 amide bonds. The first-order valence-corrected chi connectivity index (χ1v) is 13.0. The number of carbonyl (C=O) groups excluding carboxylic acids is 2. The van der Waals surface area contributed by atoms with Gasteiger partial charge in [-0.3, -0.25) is 9.59 Å². The summed E-state index contributed by atoms with van der Waals surface area (Å²) >= 11 is 3.29. The predicted octanol–water partition coefficient (Wildman–Crippen LogP) is 4.17. The molecule has 4 heterocycles. The van der Waals surface area contributed by atoms with Crippen molar-refractivity contribution in [1.82, 2.24) is 10.3 Å². The highest BCUT2D eigenvalue weighted by Crippen LogP contribution is 2.46. The van der Waals surface area contributed by atoms with Crippen LogP contribution in [0.1, 0.15) is 28.2 Å². The van der Waals surface area contributed by atoms with Gasteiger partial charge in [-0.25, -0.2) is 0 Å². The molecule has 0 aliphatic carbocycles. The van der Waals surface area contributed by atoms with Crippen molar-refractivity contribution in [3.8, 4) is 0 Å². The molecule has 6 rings (SSSR count). The Morgan fingerprint density at radius 2 is 1.82 bits per heavy atom. The number of ketones is 1. The Bertz CT molecular complexity index is 1290. The van der Waals surface area contributed by atoms with Gasteiger partial charge in [-0.05, 0) is 35.9 Å². The fourth-order valence-electron chi connectivity index (χ4n) is 4.90. The van der Waals surface area contributed by atoms with Crippen molar-refractivity contribution in [1.29, 1.82) is 0 Å². The first-order chi connectivity index (χ1) is 16.1. The molecule has 1 aromatic heterocycles. The largest absolute Gasteiger partial charge is 0.368 e. The fourth-order valence-corrected chi connectivity index (χ4v) is 7.47. The van der Waals surface area contributed by atoms with E-state index in [9.17, 15) is 9.59 Å². The monoisotopic (exact) mass is 476 g/mol. The van der Waals surface area contributed by atoms with Gasteiger partial charge in [0.1, 0.15) is 5.71 Å². The summed E-state index contributed by atoms with van der Waals surface area (Å²) in [7, 11) is 0. The molecule has 2 atom stereocenters. The highest BCUT2D eigenvalue weighted by Gasteiger charge is 2.43. The third kappa shape index (κ3) is 3.61. The third-order valence-corrected chi connectivity index (χ3v) is 9.44. The van der Waals surface area contributed by atoms with Crippen LogP contribution >= 0.6 is 23.1 Å². The molecule has 3 aliphatic rings. The van der Waals surface area contributed by atoms with Crippen LogP contribution in [-0.4, -0.2) is 54.2 Å². The van der Waals surface area contributed by atoms with Crippen molar-refractivity contribution in [3.05, 3.63) is 59.0 Å². The van der Waals surface area contributed by atoms with Crippen molar-refractivity contribution in [3.63, 3.8) is 0 Å². The van der Waals surface area contributed by atoms with E-state index in [2.05, 4.69) is 57.9 Å². The molecule has 0 bridgehead atoms. The number of benzene rings is 2. The molecular weight excluding hydrogens is 452 g/mol. The zero-order valence-corrected chi connectivity index (χ0v) is 19.9. The Morgan fingerprint density at radius 3 is 2.61 bits per heavy atom. The standard InChI is InChI=1S/C25H24N4O2S2/c1-15(30)21-13-19-22-20(14-32-25(19)33-21)23(27-26-22)24(31)29-10-8-28(9-11-29)18-7-6-16-4-2-3-5-17(16)12-18/h2-7,12-13,20,22,26H,8-11,14H2,1H3. The highest BCUT2D eigenvalue weighted by atomic mass is 32.2. The number of Topliss-reactive ketones (excluding diaryl/α,β-unsaturated/α-hetero) is 1. The fraction of sp³-hybridized carbons (Fsp3) is 0.320. The first kappa shape index (κ1) is 20.7. The van der Waals surface area contributed by atoms with Crippen LogP contribution in [0.2, 0.25) is 0 Å². The van der Waals surface area contributed by atoms with Gasteiger partial charge >= 0.3 is 0 Å². The van der Waals surface area contributed by atoms with E-state index in [1.807, 2.05) is 11.0 Å². The van der Waals surface area contributed by atoms with Crippen molar-refractivity contribution in [2.75, 3.05) is 36.8 Å². The summed E-state index contributed by atoms with van der Waals surface area (Å²) in [5, 5.41) is 6.97. The van der Waals surface area contributed by atoms with Gasteiger partial charge in [0, 0.05) is 49.1 Å². The number of hydrogen-bond donors (Lipinski definition) is 1. The van der Waals surface area contributed by atoms with Crippen molar-refractivity contribution < 1.29 is 9.59 Å². The third-order valence-electron chi connectivity index (χ3n) is 6.76. The SMILES string of the molecule is CC(=O)c1cc2c(s1)SCC1C(C(=O)N3CCN(c4ccc5ccccc5c4)CC3)=NNC21. The molecule has 6 nitrogen and oxygen atoms in total. The van der Waals surface area contributed by atoms with Gasteiger partial charge < -0.3 is 15.2 Å². The summed E-state index contributed by atoms with van der Waals surface area (Å²) in [4.78, 5) is 30.3. The lowest BCUT2D eigenvalue weighted by Crippen LogP contribution is -2.51. The van der Waals surface area contributed by atoms with E-state index >= 15 is 0 Å². The van der Waals surface area contributed by atoms with Gasteiger partial charge in [0.2, 0.25) is 0 Å². The lowest BCUT2D eigenvalue weighted by Gasteiger charge is -2.36. The molecule has 33 heavy (non-hydrogen) atoms. The number of thioether (sulfide) groups is 1. The van der Waals surface area contributed by atoms with E-state index in [1.165, 1.54) is 20.7 Å². The molecule has 3 aromatic rings. The Kier molecular flexibility index (Phi) is 5.14. The minimum atomic E-state index is -0.0107. The average Bonchev–Trinajstić information content (AvgIpc) is 3.48. The molecule has 8 heteroatoms. The number of rotatable bonds is 3. The van der Waals surface area contributed by atoms with Crippen molar-refractivity contribution >= 4 is 57.0 Å². The second-order valence-electron chi connectivity index (χ2n) is 8.74. The summed E-state index contributed by atoms with van der Waals surface area (Å²) < 4.78 is 1.17. The van der Waals surface area contributed by atoms with Crippen LogP contribution in [0.15, 0.2) is 57.8 Å². The van der Waals surface area contributed by atoms with Gasteiger partial charge in [-0.1, -0.05) is 30.3 Å². The zero-order chi connectivity index (χ0) is 22.5. The maximum atomic E-state index is 13.4. The number of nitrogens with zero attached hydrogens (tertiary/aromatic N) is 3. The second-order valence-corrected chi connectivity index (χ2v) is 11.1. The number of hydrazone groups is 1. The van der Waals surface area contributed by atoms with Crippen molar-refractivity contribution in [2.24, 2.45) is 11.0 Å². The lowest BCUT2D eigenvalue weighted by atomic mass is 9.92. The van der Waals surface area contributed by atoms with E-state index in [1.54, 1.807) is 30.0 Å². The Hall–Kier alpha value is -2.84. The van der Waals surface area contributed by atoms with E-state index in [0.29, 0.717) is 18.8 Å². The minimum Gasteiger partial charge on any atom is -0.368 e. The Labute approximate surface area is 200 Å². The summed E-state index contributed by atoms with van der Waals surface area (Å²) in [6, 6.07) is 16.9. The number of carbonyl (C=O) groups is 2. The Morgan fingerprint density at radius 1 is 1.03 bits per heavy atom. The van der Waals surface area contributed by atoms with E-state index in [0.717, 1.165) is 29.3 Å². The van der Waals surface area contributed by atoms with Gasteiger partial charge in [0.15, 0.2) is 5.78 Å². The van der Waals surface area contributed by atoms with Crippen LogP contribution in [0, 0.1) is 5.92 Å². The van der Waals surface area contributed by atoms with E-state index in [-0.39, 0.29) is 23.7 Å². The van der Waals surface area contributed by atoms with Crippen LogP contribution < -0.4 is 10.3 Å². The lowest BCUT2D eigenvalue weighted by molar-refractivity contribution is -0.124. The molecule has 3 aliphatic heterocycles. The molecular formula is C25H24N4O2S2. The average molecular weight is 477 g/mol. The first-order valence-electron chi connectivity index (χ1n) is 11.2. The van der Waals surface area contributed by atoms with Crippen molar-refractivity contribution in [2.45, 2.75) is 17.2 Å². The van der Waals surface area contributed by atoms with Gasteiger partial charge in [0.25, 0.3) is 5.91 Å². The molecule has 2 unspecified atom stereocenters. The maximum absolute atomic E-state index is 13.4. The number of thiophene rings is 1. The molecule has 0 radical (unpaired) electrons. The van der Waals surface area contributed by atoms with Gasteiger partial charge in [-0.15, -0.1) is 23.1 Å². The smallest absolute Gasteiger partial charge is 0.270 e. The maximum Gasteiger partial charge on any atom is 0.270 e. The zero-order valence-electron chi connectivity index (χ0n) is 18.3. The molecule has 1 saturated heterocycles. The normalized spacial score (nSPS) is 21.9. The van der Waals surface area contributed by atoms with Gasteiger partial charge in [0.05, 0.1) is 15.1 Å². The molecule has 1 N–H and O–H groups in total. The number of fused-ring (bicyclic) bond motifs is 4. The molecule has 168 valence electrons. The number of hydrogen-bond acceptors (Lipinski definition) is 7. The minimum absolute atomic E-state index is 0.0107.